The van der Waals surface area contributed by atoms with Gasteiger partial charge in [0, 0.05) is 6.07 Å². The fraction of sp³-hybridized carbons (Fsp3) is 0.385. The second-order valence-corrected chi connectivity index (χ2v) is 5.26. The molecular weight excluding hydrogens is 309 g/mol. The average molecular weight is 325 g/mol. The summed E-state index contributed by atoms with van der Waals surface area (Å²) >= 11 is 17.1. The summed E-state index contributed by atoms with van der Waals surface area (Å²) in [7, 11) is 0. The number of benzene rings is 1. The van der Waals surface area contributed by atoms with E-state index in [2.05, 4.69) is 0 Å². The average Bonchev–Trinajstić information content (AvgIpc) is 2.32. The molecule has 0 saturated heterocycles. The van der Waals surface area contributed by atoms with Gasteiger partial charge in [0.05, 0.1) is 11.6 Å². The maximum absolute atomic E-state index is 6.15. The molecule has 0 aromatic heterocycles. The van der Waals surface area contributed by atoms with Crippen LogP contribution in [0.25, 0.3) is 0 Å². The molecule has 0 bridgehead atoms. The first kappa shape index (κ1) is 16.4. The number of rotatable bonds is 7. The van der Waals surface area contributed by atoms with E-state index in [-0.39, 0.29) is 11.1 Å². The third-order valence-corrected chi connectivity index (χ3v) is 2.87. The highest BCUT2D eigenvalue weighted by Crippen LogP contribution is 2.33. The molecule has 0 heterocycles. The summed E-state index contributed by atoms with van der Waals surface area (Å²) in [5.74, 6) is 1.30. The van der Waals surface area contributed by atoms with Gasteiger partial charge in [0.15, 0.2) is 0 Å². The number of hydrogen-bond donors (Lipinski definition) is 1. The van der Waals surface area contributed by atoms with Crippen molar-refractivity contribution in [3.63, 3.8) is 0 Å². The highest BCUT2D eigenvalue weighted by molar-refractivity contribution is 6.55. The van der Waals surface area contributed by atoms with E-state index in [0.717, 1.165) is 12.0 Å². The lowest BCUT2D eigenvalue weighted by molar-refractivity contribution is 0.310. The maximum atomic E-state index is 6.15. The molecule has 6 heteroatoms. The van der Waals surface area contributed by atoms with Crippen LogP contribution in [-0.4, -0.2) is 19.8 Å². The molecule has 0 spiro atoms. The van der Waals surface area contributed by atoms with Crippen molar-refractivity contribution in [1.82, 2.24) is 0 Å². The number of hydrogen-bond acceptors (Lipinski definition) is 3. The smallest absolute Gasteiger partial charge is 0.141 e. The van der Waals surface area contributed by atoms with E-state index in [1.807, 2.05) is 13.0 Å². The number of ether oxygens (including phenoxy) is 2. The predicted molar refractivity (Wildman–Crippen MR) is 80.6 cm³/mol. The topological polar surface area (TPSA) is 44.5 Å². The first-order chi connectivity index (χ1) is 9.04. The van der Waals surface area contributed by atoms with Gasteiger partial charge in [0.1, 0.15) is 22.6 Å². The molecule has 1 aromatic carbocycles. The van der Waals surface area contributed by atoms with Crippen LogP contribution in [0.4, 0.5) is 0 Å². The summed E-state index contributed by atoms with van der Waals surface area (Å²) in [6.45, 7) is 3.32. The van der Waals surface area contributed by atoms with Crippen molar-refractivity contribution in [3.8, 4) is 11.5 Å². The van der Waals surface area contributed by atoms with Crippen LogP contribution >= 0.6 is 34.8 Å². The van der Waals surface area contributed by atoms with Gasteiger partial charge in [-0.25, -0.2) is 0 Å². The van der Waals surface area contributed by atoms with Crippen molar-refractivity contribution in [3.05, 3.63) is 33.3 Å². The van der Waals surface area contributed by atoms with Gasteiger partial charge in [-0.05, 0) is 37.6 Å². The van der Waals surface area contributed by atoms with Gasteiger partial charge in [0.2, 0.25) is 0 Å². The number of halogens is 3. The number of nitrogens with two attached hydrogens (primary N) is 1. The Kier molecular flexibility index (Phi) is 7.39. The van der Waals surface area contributed by atoms with Crippen molar-refractivity contribution >= 4 is 34.8 Å². The Labute approximate surface area is 128 Å². The molecular formula is C13H16Cl3NO2. The number of aryl methyl sites for hydroxylation is 1. The minimum atomic E-state index is 0.171. The van der Waals surface area contributed by atoms with Crippen molar-refractivity contribution < 1.29 is 9.47 Å². The SMILES string of the molecule is Cc1cc(OCC=C(Cl)Cl)cc(Cl)c1OCCCN. The Bertz CT molecular complexity index is 423. The molecule has 0 fully saturated rings. The van der Waals surface area contributed by atoms with Gasteiger partial charge in [-0.15, -0.1) is 0 Å². The van der Waals surface area contributed by atoms with E-state index in [1.54, 1.807) is 12.1 Å². The van der Waals surface area contributed by atoms with Gasteiger partial charge < -0.3 is 15.2 Å². The minimum absolute atomic E-state index is 0.171. The predicted octanol–water partition coefficient (Wildman–Crippen LogP) is 4.07. The Morgan fingerprint density at radius 3 is 2.63 bits per heavy atom. The molecule has 0 radical (unpaired) electrons. The Morgan fingerprint density at radius 2 is 2.05 bits per heavy atom. The molecule has 0 aliphatic carbocycles. The molecule has 0 aliphatic heterocycles. The zero-order chi connectivity index (χ0) is 14.3. The molecule has 2 N–H and O–H groups in total. The van der Waals surface area contributed by atoms with E-state index >= 15 is 0 Å². The van der Waals surface area contributed by atoms with Gasteiger partial charge >= 0.3 is 0 Å². The van der Waals surface area contributed by atoms with Crippen molar-refractivity contribution in [2.75, 3.05) is 19.8 Å². The molecule has 1 aromatic rings. The minimum Gasteiger partial charge on any atom is -0.492 e. The second-order valence-electron chi connectivity index (χ2n) is 3.85. The zero-order valence-corrected chi connectivity index (χ0v) is 12.9. The maximum Gasteiger partial charge on any atom is 0.141 e. The van der Waals surface area contributed by atoms with E-state index in [4.69, 9.17) is 50.0 Å². The summed E-state index contributed by atoms with van der Waals surface area (Å²) in [6.07, 6.45) is 2.34. The van der Waals surface area contributed by atoms with E-state index in [1.165, 1.54) is 0 Å². The Morgan fingerprint density at radius 1 is 1.32 bits per heavy atom. The molecule has 106 valence electrons. The molecule has 0 saturated carbocycles. The summed E-state index contributed by atoms with van der Waals surface area (Å²) in [5, 5.41) is 0.507. The monoisotopic (exact) mass is 323 g/mol. The van der Waals surface area contributed by atoms with Crippen molar-refractivity contribution in [2.45, 2.75) is 13.3 Å². The van der Waals surface area contributed by atoms with E-state index in [9.17, 15) is 0 Å². The van der Waals surface area contributed by atoms with Crippen LogP contribution in [-0.2, 0) is 0 Å². The highest BCUT2D eigenvalue weighted by Gasteiger charge is 2.08. The fourth-order valence-corrected chi connectivity index (χ4v) is 1.86. The van der Waals surface area contributed by atoms with Crippen LogP contribution in [0.3, 0.4) is 0 Å². The Balaban J connectivity index is 2.70. The van der Waals surface area contributed by atoms with Crippen molar-refractivity contribution in [2.24, 2.45) is 5.73 Å². The summed E-state index contributed by atoms with van der Waals surface area (Å²) in [5.41, 5.74) is 6.32. The normalized spacial score (nSPS) is 10.2. The third kappa shape index (κ3) is 5.91. The largest absolute Gasteiger partial charge is 0.492 e. The molecule has 0 amide bonds. The van der Waals surface area contributed by atoms with Crippen LogP contribution in [0.15, 0.2) is 22.7 Å². The summed E-state index contributed by atoms with van der Waals surface area (Å²) in [4.78, 5) is 0. The van der Waals surface area contributed by atoms with Gasteiger partial charge in [-0.1, -0.05) is 34.8 Å². The second kappa shape index (κ2) is 8.54. The van der Waals surface area contributed by atoms with Crippen LogP contribution < -0.4 is 15.2 Å². The molecule has 3 nitrogen and oxygen atoms in total. The van der Waals surface area contributed by atoms with Crippen molar-refractivity contribution in [1.29, 1.82) is 0 Å². The molecule has 0 atom stereocenters. The molecule has 19 heavy (non-hydrogen) atoms. The quantitative estimate of drug-likeness (QED) is 0.769. The van der Waals surface area contributed by atoms with Gasteiger partial charge in [-0.2, -0.15) is 0 Å². The lowest BCUT2D eigenvalue weighted by Gasteiger charge is -2.13. The Hall–Kier alpha value is -0.610. The molecule has 0 aliphatic rings. The lowest BCUT2D eigenvalue weighted by Crippen LogP contribution is -2.07. The summed E-state index contributed by atoms with van der Waals surface area (Å²) in [6, 6.07) is 3.54. The first-order valence-electron chi connectivity index (χ1n) is 5.81. The highest BCUT2D eigenvalue weighted by atomic mass is 35.5. The third-order valence-electron chi connectivity index (χ3n) is 2.29. The molecule has 1 rings (SSSR count). The fourth-order valence-electron chi connectivity index (χ4n) is 1.42. The standard InChI is InChI=1S/C13H16Cl3NO2/c1-9-7-10(18-6-3-12(15)16)8-11(14)13(9)19-5-2-4-17/h3,7-8H,2,4-6,17H2,1H3. The zero-order valence-electron chi connectivity index (χ0n) is 10.6. The molecule has 0 unspecified atom stereocenters. The van der Waals surface area contributed by atoms with Crippen LogP contribution in [0.1, 0.15) is 12.0 Å². The van der Waals surface area contributed by atoms with Crippen LogP contribution in [0.5, 0.6) is 11.5 Å². The van der Waals surface area contributed by atoms with Gasteiger partial charge in [-0.3, -0.25) is 0 Å². The van der Waals surface area contributed by atoms with E-state index in [0.29, 0.717) is 29.7 Å². The van der Waals surface area contributed by atoms with Crippen LogP contribution in [0, 0.1) is 6.92 Å². The van der Waals surface area contributed by atoms with E-state index < -0.39 is 0 Å². The van der Waals surface area contributed by atoms with Gasteiger partial charge in [0.25, 0.3) is 0 Å². The summed E-state index contributed by atoms with van der Waals surface area (Å²) < 4.78 is 11.2. The van der Waals surface area contributed by atoms with Crippen LogP contribution in [0.2, 0.25) is 5.02 Å². The first-order valence-corrected chi connectivity index (χ1v) is 6.95. The lowest BCUT2D eigenvalue weighted by atomic mass is 10.2.